The van der Waals surface area contributed by atoms with Crippen LogP contribution in [0.5, 0.6) is 0 Å². The lowest BCUT2D eigenvalue weighted by molar-refractivity contribution is -0.133. The monoisotopic (exact) mass is 285 g/mol. The van der Waals surface area contributed by atoms with Crippen molar-refractivity contribution in [1.29, 1.82) is 0 Å². The standard InChI is InChI=1S/C16H28ClNO/c1-18(15-11-7-6-10-14(15)17)16(19)12-13-8-4-2-3-5-9-13/h13-15H,2-12H2,1H3. The average Bonchev–Trinajstić information content (AvgIpc) is 2.67. The van der Waals surface area contributed by atoms with Crippen molar-refractivity contribution >= 4 is 17.5 Å². The third kappa shape index (κ3) is 4.37. The van der Waals surface area contributed by atoms with Crippen LogP contribution >= 0.6 is 11.6 Å². The van der Waals surface area contributed by atoms with Crippen LogP contribution in [-0.4, -0.2) is 29.3 Å². The van der Waals surface area contributed by atoms with Gasteiger partial charge in [0.2, 0.25) is 5.91 Å². The molecule has 0 saturated heterocycles. The highest BCUT2D eigenvalue weighted by molar-refractivity contribution is 6.21. The second kappa shape index (κ2) is 7.52. The molecule has 2 unspecified atom stereocenters. The van der Waals surface area contributed by atoms with Crippen LogP contribution in [0, 0.1) is 5.92 Å². The molecule has 0 radical (unpaired) electrons. The van der Waals surface area contributed by atoms with Crippen LogP contribution in [0.2, 0.25) is 0 Å². The zero-order valence-electron chi connectivity index (χ0n) is 12.2. The van der Waals surface area contributed by atoms with E-state index in [4.69, 9.17) is 11.6 Å². The van der Waals surface area contributed by atoms with Gasteiger partial charge in [0, 0.05) is 19.5 Å². The molecular formula is C16H28ClNO. The topological polar surface area (TPSA) is 20.3 Å². The molecule has 1 amide bonds. The molecule has 0 aliphatic heterocycles. The second-order valence-electron chi connectivity index (χ2n) is 6.43. The molecule has 2 fully saturated rings. The summed E-state index contributed by atoms with van der Waals surface area (Å²) < 4.78 is 0. The molecule has 2 aliphatic rings. The third-order valence-corrected chi connectivity index (χ3v) is 5.49. The maximum absolute atomic E-state index is 12.4. The molecular weight excluding hydrogens is 258 g/mol. The van der Waals surface area contributed by atoms with Crippen LogP contribution in [-0.2, 0) is 4.79 Å². The molecule has 110 valence electrons. The van der Waals surface area contributed by atoms with Crippen molar-refractivity contribution in [2.45, 2.75) is 82.0 Å². The number of nitrogens with zero attached hydrogens (tertiary/aromatic N) is 1. The molecule has 0 bridgehead atoms. The van der Waals surface area contributed by atoms with E-state index in [1.54, 1.807) is 0 Å². The van der Waals surface area contributed by atoms with Gasteiger partial charge in [-0.25, -0.2) is 0 Å². The van der Waals surface area contributed by atoms with Crippen molar-refractivity contribution in [2.24, 2.45) is 5.92 Å². The Morgan fingerprint density at radius 2 is 1.58 bits per heavy atom. The zero-order valence-corrected chi connectivity index (χ0v) is 13.0. The highest BCUT2D eigenvalue weighted by Gasteiger charge is 2.30. The van der Waals surface area contributed by atoms with E-state index in [2.05, 4.69) is 0 Å². The third-order valence-electron chi connectivity index (χ3n) is 4.98. The molecule has 2 saturated carbocycles. The van der Waals surface area contributed by atoms with Crippen molar-refractivity contribution in [3.8, 4) is 0 Å². The summed E-state index contributed by atoms with van der Waals surface area (Å²) in [6, 6.07) is 0.272. The van der Waals surface area contributed by atoms with Crippen LogP contribution in [0.4, 0.5) is 0 Å². The van der Waals surface area contributed by atoms with Gasteiger partial charge in [0.25, 0.3) is 0 Å². The summed E-state index contributed by atoms with van der Waals surface area (Å²) in [5, 5.41) is 0.164. The molecule has 2 aliphatic carbocycles. The van der Waals surface area contributed by atoms with Crippen LogP contribution < -0.4 is 0 Å². The second-order valence-corrected chi connectivity index (χ2v) is 6.99. The molecule has 0 heterocycles. The van der Waals surface area contributed by atoms with Gasteiger partial charge in [-0.2, -0.15) is 0 Å². The van der Waals surface area contributed by atoms with E-state index in [0.717, 1.165) is 19.3 Å². The average molecular weight is 286 g/mol. The van der Waals surface area contributed by atoms with Crippen molar-refractivity contribution in [3.05, 3.63) is 0 Å². The SMILES string of the molecule is CN(C(=O)CC1CCCCCC1)C1CCCCC1Cl. The number of hydrogen-bond donors (Lipinski definition) is 0. The first kappa shape index (κ1) is 15.2. The van der Waals surface area contributed by atoms with Gasteiger partial charge in [0.15, 0.2) is 0 Å². The summed E-state index contributed by atoms with van der Waals surface area (Å²) in [5.74, 6) is 0.944. The Morgan fingerprint density at radius 3 is 2.21 bits per heavy atom. The minimum absolute atomic E-state index is 0.164. The number of amides is 1. The Labute approximate surface area is 122 Å². The van der Waals surface area contributed by atoms with Gasteiger partial charge < -0.3 is 4.90 Å². The number of halogens is 1. The number of carbonyl (C=O) groups is 1. The molecule has 0 N–H and O–H groups in total. The van der Waals surface area contributed by atoms with Gasteiger partial charge in [-0.3, -0.25) is 4.79 Å². The molecule has 0 aromatic rings. The van der Waals surface area contributed by atoms with Crippen LogP contribution in [0.25, 0.3) is 0 Å². The Kier molecular flexibility index (Phi) is 6.00. The highest BCUT2D eigenvalue weighted by Crippen LogP contribution is 2.29. The van der Waals surface area contributed by atoms with Crippen LogP contribution in [0.15, 0.2) is 0 Å². The summed E-state index contributed by atoms with van der Waals surface area (Å²) in [5.41, 5.74) is 0. The lowest BCUT2D eigenvalue weighted by Gasteiger charge is -2.35. The van der Waals surface area contributed by atoms with E-state index in [-0.39, 0.29) is 11.4 Å². The molecule has 0 aromatic heterocycles. The van der Waals surface area contributed by atoms with E-state index < -0.39 is 0 Å². The molecule has 3 heteroatoms. The minimum Gasteiger partial charge on any atom is -0.341 e. The first-order valence-corrected chi connectivity index (χ1v) is 8.52. The number of rotatable bonds is 3. The number of alkyl halides is 1. The molecule has 0 aromatic carbocycles. The molecule has 2 atom stereocenters. The van der Waals surface area contributed by atoms with E-state index in [0.29, 0.717) is 11.8 Å². The van der Waals surface area contributed by atoms with E-state index >= 15 is 0 Å². The summed E-state index contributed by atoms with van der Waals surface area (Å²) in [6.07, 6.45) is 13.1. The number of hydrogen-bond acceptors (Lipinski definition) is 1. The highest BCUT2D eigenvalue weighted by atomic mass is 35.5. The van der Waals surface area contributed by atoms with Gasteiger partial charge in [0.05, 0.1) is 5.38 Å². The maximum atomic E-state index is 12.4. The maximum Gasteiger partial charge on any atom is 0.222 e. The summed E-state index contributed by atoms with van der Waals surface area (Å²) in [4.78, 5) is 14.4. The van der Waals surface area contributed by atoms with Gasteiger partial charge in [0.1, 0.15) is 0 Å². The normalized spacial score (nSPS) is 29.8. The van der Waals surface area contributed by atoms with Crippen LogP contribution in [0.3, 0.4) is 0 Å². The van der Waals surface area contributed by atoms with E-state index in [1.807, 2.05) is 11.9 Å². The van der Waals surface area contributed by atoms with Crippen molar-refractivity contribution in [2.75, 3.05) is 7.05 Å². The molecule has 0 spiro atoms. The van der Waals surface area contributed by atoms with Gasteiger partial charge in [-0.05, 0) is 31.6 Å². The fourth-order valence-corrected chi connectivity index (χ4v) is 4.10. The fourth-order valence-electron chi connectivity index (χ4n) is 3.65. The summed E-state index contributed by atoms with van der Waals surface area (Å²) in [6.45, 7) is 0. The van der Waals surface area contributed by atoms with Crippen molar-refractivity contribution in [3.63, 3.8) is 0 Å². The van der Waals surface area contributed by atoms with Gasteiger partial charge in [-0.15, -0.1) is 11.6 Å². The lowest BCUT2D eigenvalue weighted by atomic mass is 9.92. The van der Waals surface area contributed by atoms with Gasteiger partial charge >= 0.3 is 0 Å². The van der Waals surface area contributed by atoms with Crippen LogP contribution in [0.1, 0.15) is 70.6 Å². The zero-order chi connectivity index (χ0) is 13.7. The summed E-state index contributed by atoms with van der Waals surface area (Å²) in [7, 11) is 1.96. The Hall–Kier alpha value is -0.240. The first-order chi connectivity index (χ1) is 9.18. The van der Waals surface area contributed by atoms with Crippen molar-refractivity contribution < 1.29 is 4.79 Å². The Morgan fingerprint density at radius 1 is 1.00 bits per heavy atom. The predicted molar refractivity (Wildman–Crippen MR) is 80.5 cm³/mol. The lowest BCUT2D eigenvalue weighted by Crippen LogP contribution is -2.44. The summed E-state index contributed by atoms with van der Waals surface area (Å²) >= 11 is 6.40. The first-order valence-electron chi connectivity index (χ1n) is 8.08. The van der Waals surface area contributed by atoms with E-state index in [9.17, 15) is 4.79 Å². The fraction of sp³-hybridized carbons (Fsp3) is 0.938. The molecule has 2 rings (SSSR count). The minimum atomic E-state index is 0.164. The quantitative estimate of drug-likeness (QED) is 0.557. The van der Waals surface area contributed by atoms with Crippen molar-refractivity contribution in [1.82, 2.24) is 4.90 Å². The predicted octanol–water partition coefficient (Wildman–Crippen LogP) is 4.36. The van der Waals surface area contributed by atoms with Gasteiger partial charge in [-0.1, -0.05) is 38.5 Å². The largest absolute Gasteiger partial charge is 0.341 e. The Bertz CT molecular complexity index is 286. The molecule has 2 nitrogen and oxygen atoms in total. The number of carbonyl (C=O) groups excluding carboxylic acids is 1. The molecule has 19 heavy (non-hydrogen) atoms. The van der Waals surface area contributed by atoms with E-state index in [1.165, 1.54) is 51.4 Å². The smallest absolute Gasteiger partial charge is 0.222 e. The Balaban J connectivity index is 1.83.